The van der Waals surface area contributed by atoms with E-state index in [0.717, 1.165) is 24.4 Å². The molecule has 0 aromatic heterocycles. The average molecular weight is 269 g/mol. The fourth-order valence-electron chi connectivity index (χ4n) is 3.59. The predicted molar refractivity (Wildman–Crippen MR) is 83.5 cm³/mol. The van der Waals surface area contributed by atoms with Crippen molar-refractivity contribution in [1.82, 2.24) is 5.32 Å². The second kappa shape index (κ2) is 9.77. The van der Waals surface area contributed by atoms with Crippen LogP contribution in [0.25, 0.3) is 0 Å². The number of ether oxygens (including phenoxy) is 1. The molecule has 1 rings (SSSR count). The Morgan fingerprint density at radius 3 is 2.58 bits per heavy atom. The van der Waals surface area contributed by atoms with Gasteiger partial charge in [0.1, 0.15) is 0 Å². The van der Waals surface area contributed by atoms with Crippen LogP contribution in [-0.2, 0) is 4.74 Å². The molecular formula is C17H35NO. The van der Waals surface area contributed by atoms with Crippen molar-refractivity contribution in [3.63, 3.8) is 0 Å². The molecule has 0 aromatic rings. The Morgan fingerprint density at radius 2 is 1.95 bits per heavy atom. The van der Waals surface area contributed by atoms with E-state index in [-0.39, 0.29) is 0 Å². The smallest absolute Gasteiger partial charge is 0.0462 e. The summed E-state index contributed by atoms with van der Waals surface area (Å²) in [5, 5.41) is 3.65. The first-order valence-electron chi connectivity index (χ1n) is 8.39. The van der Waals surface area contributed by atoms with Gasteiger partial charge in [-0.15, -0.1) is 0 Å². The van der Waals surface area contributed by atoms with Gasteiger partial charge in [-0.2, -0.15) is 0 Å². The maximum Gasteiger partial charge on any atom is 0.0462 e. The SMILES string of the molecule is CCCC1CCC(CNC(C)C)C(CCCOC)C1. The highest BCUT2D eigenvalue weighted by atomic mass is 16.5. The van der Waals surface area contributed by atoms with E-state index in [2.05, 4.69) is 26.1 Å². The van der Waals surface area contributed by atoms with Crippen molar-refractivity contribution in [3.05, 3.63) is 0 Å². The molecule has 0 bridgehead atoms. The van der Waals surface area contributed by atoms with Gasteiger partial charge < -0.3 is 10.1 Å². The van der Waals surface area contributed by atoms with Gasteiger partial charge in [-0.3, -0.25) is 0 Å². The van der Waals surface area contributed by atoms with Crippen LogP contribution in [0, 0.1) is 17.8 Å². The van der Waals surface area contributed by atoms with E-state index in [0.29, 0.717) is 6.04 Å². The highest BCUT2D eigenvalue weighted by Crippen LogP contribution is 2.38. The van der Waals surface area contributed by atoms with Crippen molar-refractivity contribution >= 4 is 0 Å². The topological polar surface area (TPSA) is 21.3 Å². The first kappa shape index (κ1) is 17.0. The van der Waals surface area contributed by atoms with Crippen LogP contribution in [0.2, 0.25) is 0 Å². The molecule has 1 N–H and O–H groups in total. The highest BCUT2D eigenvalue weighted by Gasteiger charge is 2.29. The normalized spacial score (nSPS) is 27.9. The molecule has 0 aliphatic heterocycles. The van der Waals surface area contributed by atoms with Crippen LogP contribution in [0.3, 0.4) is 0 Å². The first-order valence-corrected chi connectivity index (χ1v) is 8.39. The second-order valence-electron chi connectivity index (χ2n) is 6.69. The lowest BCUT2D eigenvalue weighted by atomic mass is 9.71. The summed E-state index contributed by atoms with van der Waals surface area (Å²) in [6.07, 6.45) is 9.73. The number of rotatable bonds is 9. The van der Waals surface area contributed by atoms with Crippen molar-refractivity contribution in [2.24, 2.45) is 17.8 Å². The Hall–Kier alpha value is -0.0800. The van der Waals surface area contributed by atoms with Gasteiger partial charge in [0.05, 0.1) is 0 Å². The zero-order valence-electron chi connectivity index (χ0n) is 13.6. The van der Waals surface area contributed by atoms with Gasteiger partial charge >= 0.3 is 0 Å². The minimum absolute atomic E-state index is 0.619. The summed E-state index contributed by atoms with van der Waals surface area (Å²) in [4.78, 5) is 0. The Morgan fingerprint density at radius 1 is 1.16 bits per heavy atom. The second-order valence-corrected chi connectivity index (χ2v) is 6.69. The van der Waals surface area contributed by atoms with Crippen LogP contribution in [-0.4, -0.2) is 26.3 Å². The van der Waals surface area contributed by atoms with Gasteiger partial charge in [0.15, 0.2) is 0 Å². The third-order valence-corrected chi connectivity index (χ3v) is 4.66. The fraction of sp³-hybridized carbons (Fsp3) is 1.00. The summed E-state index contributed by atoms with van der Waals surface area (Å²) in [5.41, 5.74) is 0. The summed E-state index contributed by atoms with van der Waals surface area (Å²) < 4.78 is 5.23. The van der Waals surface area contributed by atoms with Gasteiger partial charge in [0.2, 0.25) is 0 Å². The van der Waals surface area contributed by atoms with E-state index in [1.165, 1.54) is 51.5 Å². The lowest BCUT2D eigenvalue weighted by Crippen LogP contribution is -2.36. The quantitative estimate of drug-likeness (QED) is 0.632. The zero-order valence-corrected chi connectivity index (χ0v) is 13.6. The lowest BCUT2D eigenvalue weighted by Gasteiger charge is -2.37. The summed E-state index contributed by atoms with van der Waals surface area (Å²) >= 11 is 0. The van der Waals surface area contributed by atoms with Crippen LogP contribution in [0.4, 0.5) is 0 Å². The highest BCUT2D eigenvalue weighted by molar-refractivity contribution is 4.82. The van der Waals surface area contributed by atoms with Crippen LogP contribution < -0.4 is 5.32 Å². The average Bonchev–Trinajstić information content (AvgIpc) is 2.38. The molecule has 0 radical (unpaired) electrons. The van der Waals surface area contributed by atoms with Crippen molar-refractivity contribution < 1.29 is 4.74 Å². The molecule has 3 unspecified atom stereocenters. The van der Waals surface area contributed by atoms with E-state index in [1.807, 2.05) is 7.11 Å². The van der Waals surface area contributed by atoms with Gasteiger partial charge in [-0.1, -0.05) is 40.0 Å². The molecule has 114 valence electrons. The van der Waals surface area contributed by atoms with Crippen molar-refractivity contribution in [2.75, 3.05) is 20.3 Å². The number of methoxy groups -OCH3 is 1. The van der Waals surface area contributed by atoms with E-state index in [1.54, 1.807) is 0 Å². The van der Waals surface area contributed by atoms with Crippen molar-refractivity contribution in [2.45, 2.75) is 71.8 Å². The maximum atomic E-state index is 5.23. The van der Waals surface area contributed by atoms with Gasteiger partial charge in [-0.05, 0) is 50.0 Å². The number of nitrogens with one attached hydrogen (secondary N) is 1. The molecule has 19 heavy (non-hydrogen) atoms. The standard InChI is InChI=1S/C17H35NO/c1-5-7-15-9-10-17(13-18-14(2)3)16(12-15)8-6-11-19-4/h14-18H,5-13H2,1-4H3. The summed E-state index contributed by atoms with van der Waals surface area (Å²) in [6.45, 7) is 8.98. The maximum absolute atomic E-state index is 5.23. The summed E-state index contributed by atoms with van der Waals surface area (Å²) in [5.74, 6) is 2.81. The molecule has 1 aliphatic carbocycles. The summed E-state index contributed by atoms with van der Waals surface area (Å²) in [7, 11) is 1.82. The monoisotopic (exact) mass is 269 g/mol. The van der Waals surface area contributed by atoms with Crippen molar-refractivity contribution in [3.8, 4) is 0 Å². The van der Waals surface area contributed by atoms with Crippen molar-refractivity contribution in [1.29, 1.82) is 0 Å². The molecule has 2 heteroatoms. The molecule has 0 amide bonds. The van der Waals surface area contributed by atoms with E-state index < -0.39 is 0 Å². The molecule has 1 saturated carbocycles. The van der Waals surface area contributed by atoms with Crippen LogP contribution >= 0.6 is 0 Å². The molecule has 0 heterocycles. The molecule has 0 aromatic carbocycles. The Labute approximate surface area is 120 Å². The summed E-state index contributed by atoms with van der Waals surface area (Å²) in [6, 6.07) is 0.619. The molecule has 3 atom stereocenters. The van der Waals surface area contributed by atoms with E-state index in [9.17, 15) is 0 Å². The fourth-order valence-corrected chi connectivity index (χ4v) is 3.59. The minimum Gasteiger partial charge on any atom is -0.385 e. The zero-order chi connectivity index (χ0) is 14.1. The van der Waals surface area contributed by atoms with E-state index in [4.69, 9.17) is 4.74 Å². The molecule has 0 spiro atoms. The lowest BCUT2D eigenvalue weighted by molar-refractivity contribution is 0.134. The Bertz CT molecular complexity index is 217. The minimum atomic E-state index is 0.619. The van der Waals surface area contributed by atoms with Crippen LogP contribution in [0.5, 0.6) is 0 Å². The third-order valence-electron chi connectivity index (χ3n) is 4.66. The molecule has 1 aliphatic rings. The number of hydrogen-bond acceptors (Lipinski definition) is 2. The molecule has 2 nitrogen and oxygen atoms in total. The molecular weight excluding hydrogens is 234 g/mol. The Balaban J connectivity index is 2.42. The van der Waals surface area contributed by atoms with E-state index >= 15 is 0 Å². The third kappa shape index (κ3) is 6.76. The predicted octanol–water partition coefficient (Wildman–Crippen LogP) is 4.24. The Kier molecular flexibility index (Phi) is 8.72. The number of hydrogen-bond donors (Lipinski definition) is 1. The van der Waals surface area contributed by atoms with Gasteiger partial charge in [0, 0.05) is 19.8 Å². The first-order chi connectivity index (χ1) is 9.17. The largest absolute Gasteiger partial charge is 0.385 e. The molecule has 1 fully saturated rings. The van der Waals surface area contributed by atoms with Gasteiger partial charge in [-0.25, -0.2) is 0 Å². The van der Waals surface area contributed by atoms with Crippen LogP contribution in [0.1, 0.15) is 65.7 Å². The van der Waals surface area contributed by atoms with Gasteiger partial charge in [0.25, 0.3) is 0 Å². The van der Waals surface area contributed by atoms with Crippen LogP contribution in [0.15, 0.2) is 0 Å². The molecule has 0 saturated heterocycles.